The van der Waals surface area contributed by atoms with Crippen LogP contribution in [0.4, 0.5) is 17.1 Å². The molecule has 0 atom stereocenters. The molecule has 42 heavy (non-hydrogen) atoms. The lowest BCUT2D eigenvalue weighted by molar-refractivity contribution is 0.620. The maximum absolute atomic E-state index is 6.60. The first-order chi connectivity index (χ1) is 20.6. The molecule has 2 heterocycles. The first-order valence-electron chi connectivity index (χ1n) is 14.5. The third kappa shape index (κ3) is 3.05. The van der Waals surface area contributed by atoms with E-state index in [4.69, 9.17) is 8.83 Å². The number of fused-ring (bicyclic) bond motifs is 10. The second-order valence-corrected chi connectivity index (χ2v) is 11.7. The van der Waals surface area contributed by atoms with Gasteiger partial charge in [0.25, 0.3) is 0 Å². The largest absolute Gasteiger partial charge is 0.456 e. The van der Waals surface area contributed by atoms with Gasteiger partial charge in [-0.15, -0.1) is 0 Å². The van der Waals surface area contributed by atoms with Crippen LogP contribution in [0.2, 0.25) is 0 Å². The van der Waals surface area contributed by atoms with E-state index < -0.39 is 0 Å². The molecule has 3 nitrogen and oxygen atoms in total. The average molecular weight is 542 g/mol. The van der Waals surface area contributed by atoms with E-state index in [9.17, 15) is 0 Å². The summed E-state index contributed by atoms with van der Waals surface area (Å²) >= 11 is 0. The quantitative estimate of drug-likeness (QED) is 0.223. The monoisotopic (exact) mass is 541 g/mol. The van der Waals surface area contributed by atoms with Crippen molar-refractivity contribution in [2.45, 2.75) is 19.3 Å². The Bertz CT molecular complexity index is 2340. The van der Waals surface area contributed by atoms with E-state index in [1.165, 1.54) is 27.6 Å². The van der Waals surface area contributed by atoms with Crippen LogP contribution in [0.15, 0.2) is 136 Å². The van der Waals surface area contributed by atoms with Crippen molar-refractivity contribution < 1.29 is 8.83 Å². The van der Waals surface area contributed by atoms with Gasteiger partial charge in [0.2, 0.25) is 0 Å². The van der Waals surface area contributed by atoms with Crippen LogP contribution in [-0.4, -0.2) is 0 Å². The standard InChI is InChI=1S/C39H27NO2/c1-39(2)29-16-10-17-30(35(29)28-23-22-26-25-14-6-8-19-32(25)42-38(26)37(28)39)40(24-12-4-3-5-13-24)31-18-11-21-34-36(31)27-15-7-9-20-33(27)41-34/h3-23H,1-2H3. The lowest BCUT2D eigenvalue weighted by Crippen LogP contribution is -2.16. The summed E-state index contributed by atoms with van der Waals surface area (Å²) in [5.41, 5.74) is 11.8. The number of furan rings is 2. The Kier molecular flexibility index (Phi) is 4.67. The lowest BCUT2D eigenvalue weighted by Gasteiger charge is -2.29. The van der Waals surface area contributed by atoms with E-state index in [0.717, 1.165) is 55.6 Å². The predicted octanol–water partition coefficient (Wildman–Crippen LogP) is 11.3. The van der Waals surface area contributed by atoms with Crippen molar-refractivity contribution in [3.63, 3.8) is 0 Å². The maximum Gasteiger partial charge on any atom is 0.140 e. The van der Waals surface area contributed by atoms with E-state index >= 15 is 0 Å². The number of hydrogen-bond donors (Lipinski definition) is 0. The molecule has 0 fully saturated rings. The first-order valence-corrected chi connectivity index (χ1v) is 14.5. The van der Waals surface area contributed by atoms with Gasteiger partial charge in [-0.3, -0.25) is 0 Å². The maximum atomic E-state index is 6.60. The second-order valence-electron chi connectivity index (χ2n) is 11.7. The number of rotatable bonds is 3. The normalized spacial score (nSPS) is 13.7. The number of anilines is 3. The highest BCUT2D eigenvalue weighted by Crippen LogP contribution is 2.57. The van der Waals surface area contributed by atoms with Gasteiger partial charge in [-0.2, -0.15) is 0 Å². The molecule has 0 bridgehead atoms. The number of benzene rings is 6. The zero-order valence-electron chi connectivity index (χ0n) is 23.4. The summed E-state index contributed by atoms with van der Waals surface area (Å²) in [6.45, 7) is 4.65. The zero-order chi connectivity index (χ0) is 28.0. The molecule has 0 unspecified atom stereocenters. The molecule has 8 aromatic rings. The molecule has 0 aliphatic heterocycles. The Morgan fingerprint density at radius 3 is 2.02 bits per heavy atom. The van der Waals surface area contributed by atoms with Crippen LogP contribution in [-0.2, 0) is 5.41 Å². The topological polar surface area (TPSA) is 29.5 Å². The summed E-state index contributed by atoms with van der Waals surface area (Å²) in [6.07, 6.45) is 0. The molecule has 6 aromatic carbocycles. The van der Waals surface area contributed by atoms with Crippen LogP contribution in [0.5, 0.6) is 0 Å². The highest BCUT2D eigenvalue weighted by atomic mass is 16.3. The van der Waals surface area contributed by atoms with Crippen LogP contribution < -0.4 is 4.90 Å². The first kappa shape index (κ1) is 23.4. The van der Waals surface area contributed by atoms with Gasteiger partial charge in [0.1, 0.15) is 22.3 Å². The van der Waals surface area contributed by atoms with Crippen LogP contribution >= 0.6 is 0 Å². The van der Waals surface area contributed by atoms with Gasteiger partial charge < -0.3 is 13.7 Å². The van der Waals surface area contributed by atoms with E-state index in [-0.39, 0.29) is 5.41 Å². The highest BCUT2D eigenvalue weighted by Gasteiger charge is 2.41. The highest BCUT2D eigenvalue weighted by molar-refractivity contribution is 6.15. The second kappa shape index (κ2) is 8.37. The minimum atomic E-state index is -0.245. The Morgan fingerprint density at radius 2 is 1.19 bits per heavy atom. The molecule has 0 spiro atoms. The van der Waals surface area contributed by atoms with Crippen molar-refractivity contribution in [3.8, 4) is 11.1 Å². The van der Waals surface area contributed by atoms with Crippen molar-refractivity contribution in [1.82, 2.24) is 0 Å². The van der Waals surface area contributed by atoms with Gasteiger partial charge in [-0.1, -0.05) is 92.7 Å². The van der Waals surface area contributed by atoms with Gasteiger partial charge in [0, 0.05) is 38.4 Å². The van der Waals surface area contributed by atoms with Gasteiger partial charge in [0.05, 0.1) is 16.8 Å². The molecule has 9 rings (SSSR count). The molecule has 0 radical (unpaired) electrons. The van der Waals surface area contributed by atoms with Crippen LogP contribution in [0, 0.1) is 0 Å². The van der Waals surface area contributed by atoms with Crippen molar-refractivity contribution in [3.05, 3.63) is 139 Å². The van der Waals surface area contributed by atoms with Gasteiger partial charge in [0.15, 0.2) is 0 Å². The van der Waals surface area contributed by atoms with Crippen molar-refractivity contribution >= 4 is 60.9 Å². The van der Waals surface area contributed by atoms with E-state index in [0.29, 0.717) is 0 Å². The molecule has 200 valence electrons. The van der Waals surface area contributed by atoms with E-state index in [1.54, 1.807) is 0 Å². The summed E-state index contributed by atoms with van der Waals surface area (Å²) in [6, 6.07) is 44.9. The third-order valence-corrected chi connectivity index (χ3v) is 9.03. The zero-order valence-corrected chi connectivity index (χ0v) is 23.4. The van der Waals surface area contributed by atoms with Crippen molar-refractivity contribution in [2.24, 2.45) is 0 Å². The molecule has 1 aliphatic rings. The Balaban J connectivity index is 1.38. The smallest absolute Gasteiger partial charge is 0.140 e. The molecule has 1 aliphatic carbocycles. The summed E-state index contributed by atoms with van der Waals surface area (Å²) in [7, 11) is 0. The number of para-hydroxylation sites is 3. The fourth-order valence-corrected chi connectivity index (χ4v) is 7.21. The van der Waals surface area contributed by atoms with Gasteiger partial charge in [-0.05, 0) is 59.7 Å². The number of hydrogen-bond acceptors (Lipinski definition) is 3. The summed E-state index contributed by atoms with van der Waals surface area (Å²) < 4.78 is 12.9. The molecule has 0 saturated carbocycles. The van der Waals surface area contributed by atoms with Crippen LogP contribution in [0.3, 0.4) is 0 Å². The summed E-state index contributed by atoms with van der Waals surface area (Å²) in [5, 5.41) is 4.55. The predicted molar refractivity (Wildman–Crippen MR) is 173 cm³/mol. The molecule has 0 saturated heterocycles. The fraction of sp³-hybridized carbons (Fsp3) is 0.0769. The molecular weight excluding hydrogens is 514 g/mol. The molecular formula is C39H27NO2. The van der Waals surface area contributed by atoms with E-state index in [1.807, 2.05) is 18.2 Å². The lowest BCUT2D eigenvalue weighted by atomic mass is 9.81. The van der Waals surface area contributed by atoms with Crippen molar-refractivity contribution in [2.75, 3.05) is 4.90 Å². The van der Waals surface area contributed by atoms with Crippen LogP contribution in [0.1, 0.15) is 25.0 Å². The van der Waals surface area contributed by atoms with Gasteiger partial charge >= 0.3 is 0 Å². The third-order valence-electron chi connectivity index (χ3n) is 9.03. The number of nitrogens with zero attached hydrogens (tertiary/aromatic N) is 1. The summed E-state index contributed by atoms with van der Waals surface area (Å²) in [4.78, 5) is 2.40. The Hall–Kier alpha value is -5.28. The molecule has 0 N–H and O–H groups in total. The van der Waals surface area contributed by atoms with E-state index in [2.05, 4.69) is 128 Å². The molecule has 0 amide bonds. The average Bonchev–Trinajstić information content (AvgIpc) is 3.66. The van der Waals surface area contributed by atoms with Crippen LogP contribution in [0.25, 0.3) is 55.0 Å². The Labute approximate surface area is 243 Å². The fourth-order valence-electron chi connectivity index (χ4n) is 7.21. The van der Waals surface area contributed by atoms with Crippen molar-refractivity contribution in [1.29, 1.82) is 0 Å². The SMILES string of the molecule is CC1(C)c2cccc(N(c3ccccc3)c3cccc4oc5ccccc5c34)c2-c2ccc3c(oc4ccccc43)c21. The minimum Gasteiger partial charge on any atom is -0.456 e. The summed E-state index contributed by atoms with van der Waals surface area (Å²) in [5.74, 6) is 0. The molecule has 2 aromatic heterocycles. The minimum absolute atomic E-state index is 0.245. The molecule has 3 heteroatoms. The van der Waals surface area contributed by atoms with Gasteiger partial charge in [-0.25, -0.2) is 0 Å². The Morgan fingerprint density at radius 1 is 0.524 bits per heavy atom.